The molecular weight excluding hydrogens is 331 g/mol. The lowest BCUT2D eigenvalue weighted by Crippen LogP contribution is -2.26. The molecule has 1 aliphatic heterocycles. The Morgan fingerprint density at radius 1 is 1.24 bits per heavy atom. The summed E-state index contributed by atoms with van der Waals surface area (Å²) in [6.07, 6.45) is -2.73. The van der Waals surface area contributed by atoms with Crippen molar-refractivity contribution in [1.29, 1.82) is 5.26 Å². The Labute approximate surface area is 143 Å². The van der Waals surface area contributed by atoms with E-state index < -0.39 is 11.9 Å². The summed E-state index contributed by atoms with van der Waals surface area (Å²) in [7, 11) is 0. The Hall–Kier alpha value is -2.66. The molecule has 1 fully saturated rings. The van der Waals surface area contributed by atoms with Crippen molar-refractivity contribution in [3.05, 3.63) is 53.5 Å². The molecule has 0 aliphatic carbocycles. The summed E-state index contributed by atoms with van der Waals surface area (Å²) in [5.74, 6) is 0.188. The van der Waals surface area contributed by atoms with Gasteiger partial charge in [0.15, 0.2) is 0 Å². The van der Waals surface area contributed by atoms with Crippen molar-refractivity contribution < 1.29 is 13.2 Å². The summed E-state index contributed by atoms with van der Waals surface area (Å²) in [6.45, 7) is 2.29. The SMILES string of the molecule is N#Cc1ccc(CN2CCC(Nc3cc(C(F)(F)F)ncn3)C2)cc1. The van der Waals surface area contributed by atoms with Crippen LogP contribution in [0.4, 0.5) is 19.0 Å². The van der Waals surface area contributed by atoms with Gasteiger partial charge in [0.25, 0.3) is 0 Å². The van der Waals surface area contributed by atoms with E-state index in [0.29, 0.717) is 12.1 Å². The molecule has 25 heavy (non-hydrogen) atoms. The molecule has 1 aliphatic rings. The third kappa shape index (κ3) is 4.45. The molecule has 2 aromatic rings. The molecule has 1 aromatic heterocycles. The van der Waals surface area contributed by atoms with Gasteiger partial charge in [-0.3, -0.25) is 4.90 Å². The number of nitriles is 1. The summed E-state index contributed by atoms with van der Waals surface area (Å²) in [6, 6.07) is 10.4. The van der Waals surface area contributed by atoms with Gasteiger partial charge in [-0.25, -0.2) is 9.97 Å². The monoisotopic (exact) mass is 347 g/mol. The van der Waals surface area contributed by atoms with Crippen molar-refractivity contribution in [1.82, 2.24) is 14.9 Å². The van der Waals surface area contributed by atoms with Crippen LogP contribution < -0.4 is 5.32 Å². The molecular formula is C17H16F3N5. The molecule has 5 nitrogen and oxygen atoms in total. The summed E-state index contributed by atoms with van der Waals surface area (Å²) < 4.78 is 38.1. The molecule has 0 spiro atoms. The second kappa shape index (κ2) is 7.07. The van der Waals surface area contributed by atoms with Gasteiger partial charge < -0.3 is 5.32 Å². The second-order valence-electron chi connectivity index (χ2n) is 5.96. The van der Waals surface area contributed by atoms with Gasteiger partial charge in [0.05, 0.1) is 11.6 Å². The maximum atomic E-state index is 12.7. The number of halogens is 3. The zero-order valence-corrected chi connectivity index (χ0v) is 13.3. The minimum absolute atomic E-state index is 0.0364. The number of benzene rings is 1. The molecule has 3 rings (SSSR count). The highest BCUT2D eigenvalue weighted by atomic mass is 19.4. The third-order valence-electron chi connectivity index (χ3n) is 4.07. The zero-order valence-electron chi connectivity index (χ0n) is 13.3. The van der Waals surface area contributed by atoms with E-state index in [1.165, 1.54) is 0 Å². The molecule has 1 saturated heterocycles. The topological polar surface area (TPSA) is 64.8 Å². The van der Waals surface area contributed by atoms with E-state index in [9.17, 15) is 13.2 Å². The number of alkyl halides is 3. The molecule has 0 radical (unpaired) electrons. The van der Waals surface area contributed by atoms with Crippen LogP contribution >= 0.6 is 0 Å². The average molecular weight is 347 g/mol. The Kier molecular flexibility index (Phi) is 4.86. The lowest BCUT2D eigenvalue weighted by atomic mass is 10.1. The number of nitrogens with zero attached hydrogens (tertiary/aromatic N) is 4. The van der Waals surface area contributed by atoms with Gasteiger partial charge in [0, 0.05) is 31.7 Å². The number of likely N-dealkylation sites (tertiary alicyclic amines) is 1. The predicted octanol–water partition coefficient (Wildman–Crippen LogP) is 3.05. The van der Waals surface area contributed by atoms with Crippen LogP contribution in [0.25, 0.3) is 0 Å². The van der Waals surface area contributed by atoms with Crippen LogP contribution in [0, 0.1) is 11.3 Å². The van der Waals surface area contributed by atoms with Gasteiger partial charge in [0.1, 0.15) is 17.8 Å². The normalized spacial score (nSPS) is 18.1. The molecule has 1 N–H and O–H groups in total. The van der Waals surface area contributed by atoms with Gasteiger partial charge in [-0.1, -0.05) is 12.1 Å². The highest BCUT2D eigenvalue weighted by Crippen LogP contribution is 2.28. The number of hydrogen-bond donors (Lipinski definition) is 1. The Bertz CT molecular complexity index is 767. The maximum absolute atomic E-state index is 12.7. The van der Waals surface area contributed by atoms with Gasteiger partial charge >= 0.3 is 6.18 Å². The lowest BCUT2D eigenvalue weighted by Gasteiger charge is -2.17. The van der Waals surface area contributed by atoms with Crippen LogP contribution in [0.1, 0.15) is 23.2 Å². The summed E-state index contributed by atoms with van der Waals surface area (Å²) >= 11 is 0. The highest BCUT2D eigenvalue weighted by Gasteiger charge is 2.33. The average Bonchev–Trinajstić information content (AvgIpc) is 3.02. The Morgan fingerprint density at radius 3 is 2.68 bits per heavy atom. The van der Waals surface area contributed by atoms with Crippen molar-refractivity contribution >= 4 is 5.82 Å². The first kappa shape index (κ1) is 17.2. The van der Waals surface area contributed by atoms with E-state index in [4.69, 9.17) is 5.26 Å². The van der Waals surface area contributed by atoms with E-state index in [1.807, 2.05) is 12.1 Å². The van der Waals surface area contributed by atoms with Crippen LogP contribution in [0.5, 0.6) is 0 Å². The number of aromatic nitrogens is 2. The van der Waals surface area contributed by atoms with Crippen molar-refractivity contribution in [3.8, 4) is 6.07 Å². The molecule has 0 saturated carbocycles. The molecule has 0 bridgehead atoms. The first-order valence-electron chi connectivity index (χ1n) is 7.81. The highest BCUT2D eigenvalue weighted by molar-refractivity contribution is 5.37. The van der Waals surface area contributed by atoms with Crippen LogP contribution in [0.15, 0.2) is 36.7 Å². The molecule has 2 heterocycles. The van der Waals surface area contributed by atoms with Crippen molar-refractivity contribution in [2.24, 2.45) is 0 Å². The van der Waals surface area contributed by atoms with E-state index in [0.717, 1.165) is 37.5 Å². The number of nitrogens with one attached hydrogen (secondary N) is 1. The molecule has 1 atom stereocenters. The molecule has 130 valence electrons. The van der Waals surface area contributed by atoms with Crippen LogP contribution in [-0.4, -0.2) is 34.0 Å². The standard InChI is InChI=1S/C17H16F3N5/c18-17(19,20)15-7-16(23-11-22-15)24-14-5-6-25(10-14)9-13-3-1-12(8-21)2-4-13/h1-4,7,11,14H,5-6,9-10H2,(H,22,23,24). The van der Waals surface area contributed by atoms with E-state index >= 15 is 0 Å². The van der Waals surface area contributed by atoms with Gasteiger partial charge in [-0.15, -0.1) is 0 Å². The summed E-state index contributed by atoms with van der Waals surface area (Å²) in [4.78, 5) is 9.35. The van der Waals surface area contributed by atoms with Gasteiger partial charge in [-0.2, -0.15) is 18.4 Å². The van der Waals surface area contributed by atoms with E-state index in [1.54, 1.807) is 12.1 Å². The minimum Gasteiger partial charge on any atom is -0.366 e. The minimum atomic E-state index is -4.48. The molecule has 1 aromatic carbocycles. The first-order chi connectivity index (χ1) is 11.9. The van der Waals surface area contributed by atoms with Crippen molar-refractivity contribution in [3.63, 3.8) is 0 Å². The largest absolute Gasteiger partial charge is 0.433 e. The van der Waals surface area contributed by atoms with Gasteiger partial charge in [0.2, 0.25) is 0 Å². The van der Waals surface area contributed by atoms with Crippen LogP contribution in [-0.2, 0) is 12.7 Å². The van der Waals surface area contributed by atoms with Crippen LogP contribution in [0.2, 0.25) is 0 Å². The first-order valence-corrected chi connectivity index (χ1v) is 7.81. The molecule has 0 amide bonds. The second-order valence-corrected chi connectivity index (χ2v) is 5.96. The maximum Gasteiger partial charge on any atom is 0.433 e. The Morgan fingerprint density at radius 2 is 2.00 bits per heavy atom. The Balaban J connectivity index is 1.57. The predicted molar refractivity (Wildman–Crippen MR) is 85.5 cm³/mol. The number of rotatable bonds is 4. The zero-order chi connectivity index (χ0) is 17.9. The lowest BCUT2D eigenvalue weighted by molar-refractivity contribution is -0.141. The van der Waals surface area contributed by atoms with E-state index in [-0.39, 0.29) is 11.9 Å². The van der Waals surface area contributed by atoms with Gasteiger partial charge in [-0.05, 0) is 24.1 Å². The number of hydrogen-bond acceptors (Lipinski definition) is 5. The molecule has 8 heteroatoms. The van der Waals surface area contributed by atoms with E-state index in [2.05, 4.69) is 26.3 Å². The smallest absolute Gasteiger partial charge is 0.366 e. The quantitative estimate of drug-likeness (QED) is 0.921. The van der Waals surface area contributed by atoms with Crippen molar-refractivity contribution in [2.45, 2.75) is 25.2 Å². The fourth-order valence-electron chi connectivity index (χ4n) is 2.84. The summed E-state index contributed by atoms with van der Waals surface area (Å²) in [5.41, 5.74) is 0.771. The summed E-state index contributed by atoms with van der Waals surface area (Å²) in [5, 5.41) is 11.9. The fraction of sp³-hybridized carbons (Fsp3) is 0.353. The fourth-order valence-corrected chi connectivity index (χ4v) is 2.84. The van der Waals surface area contributed by atoms with Crippen LogP contribution in [0.3, 0.4) is 0 Å². The number of anilines is 1. The third-order valence-corrected chi connectivity index (χ3v) is 4.07. The molecule has 1 unspecified atom stereocenters. The van der Waals surface area contributed by atoms with Crippen molar-refractivity contribution in [2.75, 3.05) is 18.4 Å².